The summed E-state index contributed by atoms with van der Waals surface area (Å²) in [6.07, 6.45) is 0. The zero-order chi connectivity index (χ0) is 23.7. The standard InChI is InChI=1S/C25H20FNO6/c1-32-19-10-6-3-7-15(19)22-21(23(29)16-13-14(26)11-12-20(16)33-2)24(30)25(31)27(22)17-8-4-5-9-18(17)28/h3-13,22,28-29H,1-2H3/b23-21+. The molecule has 1 atom stereocenters. The van der Waals surface area contributed by atoms with Gasteiger partial charge >= 0.3 is 0 Å². The summed E-state index contributed by atoms with van der Waals surface area (Å²) in [5.41, 5.74) is 0.0736. The predicted octanol–water partition coefficient (Wildman–Crippen LogP) is 4.17. The molecule has 0 saturated carbocycles. The van der Waals surface area contributed by atoms with Crippen molar-refractivity contribution < 1.29 is 33.7 Å². The highest BCUT2D eigenvalue weighted by atomic mass is 19.1. The first-order valence-corrected chi connectivity index (χ1v) is 9.94. The van der Waals surface area contributed by atoms with Crippen molar-refractivity contribution in [2.24, 2.45) is 0 Å². The van der Waals surface area contributed by atoms with Crippen LogP contribution in [0, 0.1) is 5.82 Å². The molecule has 4 rings (SSSR count). The van der Waals surface area contributed by atoms with Crippen LogP contribution in [0.2, 0.25) is 0 Å². The van der Waals surface area contributed by atoms with Gasteiger partial charge in [-0.1, -0.05) is 30.3 Å². The van der Waals surface area contributed by atoms with E-state index in [-0.39, 0.29) is 28.3 Å². The second-order valence-electron chi connectivity index (χ2n) is 7.24. The van der Waals surface area contributed by atoms with E-state index in [1.807, 2.05) is 0 Å². The van der Waals surface area contributed by atoms with Gasteiger partial charge in [-0.3, -0.25) is 14.5 Å². The van der Waals surface area contributed by atoms with Crippen LogP contribution in [-0.4, -0.2) is 36.1 Å². The van der Waals surface area contributed by atoms with Crippen LogP contribution in [0.15, 0.2) is 72.3 Å². The van der Waals surface area contributed by atoms with E-state index < -0.39 is 29.3 Å². The number of ketones is 1. The topological polar surface area (TPSA) is 96.3 Å². The molecule has 0 bridgehead atoms. The maximum Gasteiger partial charge on any atom is 0.300 e. The van der Waals surface area contributed by atoms with Gasteiger partial charge in [-0.25, -0.2) is 4.39 Å². The average molecular weight is 449 g/mol. The molecule has 168 valence electrons. The van der Waals surface area contributed by atoms with E-state index in [2.05, 4.69) is 0 Å². The fourth-order valence-electron chi connectivity index (χ4n) is 3.95. The molecule has 1 saturated heterocycles. The zero-order valence-electron chi connectivity index (χ0n) is 17.8. The van der Waals surface area contributed by atoms with Crippen molar-refractivity contribution in [1.82, 2.24) is 0 Å². The molecule has 1 unspecified atom stereocenters. The van der Waals surface area contributed by atoms with Crippen LogP contribution in [0.3, 0.4) is 0 Å². The van der Waals surface area contributed by atoms with Crippen LogP contribution in [0.25, 0.3) is 5.76 Å². The van der Waals surface area contributed by atoms with Gasteiger partial charge in [0, 0.05) is 5.56 Å². The molecular weight excluding hydrogens is 429 g/mol. The number of phenols is 1. The molecule has 0 aromatic heterocycles. The number of ether oxygens (including phenoxy) is 2. The lowest BCUT2D eigenvalue weighted by atomic mass is 9.94. The molecule has 1 aliphatic rings. The number of aromatic hydroxyl groups is 1. The van der Waals surface area contributed by atoms with E-state index in [1.165, 1.54) is 32.4 Å². The van der Waals surface area contributed by atoms with E-state index in [9.17, 15) is 24.2 Å². The van der Waals surface area contributed by atoms with Crippen molar-refractivity contribution in [2.75, 3.05) is 19.1 Å². The number of aliphatic hydroxyl groups excluding tert-OH is 1. The monoisotopic (exact) mass is 449 g/mol. The van der Waals surface area contributed by atoms with Crippen LogP contribution in [0.1, 0.15) is 17.2 Å². The van der Waals surface area contributed by atoms with Crippen molar-refractivity contribution in [1.29, 1.82) is 0 Å². The van der Waals surface area contributed by atoms with E-state index >= 15 is 0 Å². The Kier molecular flexibility index (Phi) is 5.74. The molecule has 0 spiro atoms. The lowest BCUT2D eigenvalue weighted by Gasteiger charge is -2.27. The fraction of sp³-hybridized carbons (Fsp3) is 0.120. The molecule has 1 heterocycles. The molecule has 33 heavy (non-hydrogen) atoms. The number of rotatable bonds is 5. The largest absolute Gasteiger partial charge is 0.507 e. The van der Waals surface area contributed by atoms with Gasteiger partial charge < -0.3 is 19.7 Å². The molecule has 3 aromatic carbocycles. The molecule has 1 fully saturated rings. The van der Waals surface area contributed by atoms with Crippen molar-refractivity contribution in [3.63, 3.8) is 0 Å². The van der Waals surface area contributed by atoms with Crippen molar-refractivity contribution in [3.05, 3.63) is 89.2 Å². The number of anilines is 1. The molecule has 0 radical (unpaired) electrons. The number of para-hydroxylation sites is 3. The third-order valence-electron chi connectivity index (χ3n) is 5.44. The highest BCUT2D eigenvalue weighted by molar-refractivity contribution is 6.52. The number of nitrogens with zero attached hydrogens (tertiary/aromatic N) is 1. The van der Waals surface area contributed by atoms with Gasteiger partial charge in [0.25, 0.3) is 11.7 Å². The molecular formula is C25H20FNO6. The van der Waals surface area contributed by atoms with Gasteiger partial charge in [0.1, 0.15) is 28.8 Å². The van der Waals surface area contributed by atoms with Crippen LogP contribution in [0.5, 0.6) is 17.2 Å². The fourth-order valence-corrected chi connectivity index (χ4v) is 3.95. The molecule has 3 aromatic rings. The van der Waals surface area contributed by atoms with Gasteiger partial charge in [0.2, 0.25) is 0 Å². The van der Waals surface area contributed by atoms with Crippen molar-refractivity contribution in [3.8, 4) is 17.2 Å². The SMILES string of the molecule is COc1ccc(F)cc1/C(O)=C1\C(=O)C(=O)N(c2ccccc2O)C1c1ccccc1OC. The number of phenolic OH excluding ortho intramolecular Hbond substituents is 1. The quantitative estimate of drug-likeness (QED) is 0.345. The Balaban J connectivity index is 2.05. The lowest BCUT2D eigenvalue weighted by Crippen LogP contribution is -2.29. The number of carbonyl (C=O) groups excluding carboxylic acids is 2. The van der Waals surface area contributed by atoms with E-state index in [0.29, 0.717) is 11.3 Å². The van der Waals surface area contributed by atoms with Crippen LogP contribution in [0.4, 0.5) is 10.1 Å². The van der Waals surface area contributed by atoms with Gasteiger partial charge in [0.15, 0.2) is 0 Å². The van der Waals surface area contributed by atoms with Crippen molar-refractivity contribution >= 4 is 23.1 Å². The Hall–Kier alpha value is -4.33. The lowest BCUT2D eigenvalue weighted by molar-refractivity contribution is -0.132. The summed E-state index contributed by atoms with van der Waals surface area (Å²) < 4.78 is 24.7. The van der Waals surface area contributed by atoms with Crippen LogP contribution in [-0.2, 0) is 9.59 Å². The summed E-state index contributed by atoms with van der Waals surface area (Å²) in [6.45, 7) is 0. The number of hydrogen-bond acceptors (Lipinski definition) is 6. The Morgan fingerprint density at radius 2 is 1.61 bits per heavy atom. The van der Waals surface area contributed by atoms with E-state index in [4.69, 9.17) is 9.47 Å². The van der Waals surface area contributed by atoms with Gasteiger partial charge in [-0.05, 0) is 36.4 Å². The number of amides is 1. The van der Waals surface area contributed by atoms with Gasteiger partial charge in [0.05, 0.1) is 37.1 Å². The number of benzene rings is 3. The predicted molar refractivity (Wildman–Crippen MR) is 119 cm³/mol. The minimum absolute atomic E-state index is 0.0702. The Morgan fingerprint density at radius 3 is 2.30 bits per heavy atom. The second kappa shape index (κ2) is 8.66. The smallest absolute Gasteiger partial charge is 0.300 e. The van der Waals surface area contributed by atoms with E-state index in [1.54, 1.807) is 36.4 Å². The van der Waals surface area contributed by atoms with Gasteiger partial charge in [-0.15, -0.1) is 0 Å². The molecule has 8 heteroatoms. The van der Waals surface area contributed by atoms with Crippen LogP contribution >= 0.6 is 0 Å². The number of Topliss-reactive ketones (excluding diaryl/α,β-unsaturated/α-hetero) is 1. The number of hydrogen-bond donors (Lipinski definition) is 2. The highest BCUT2D eigenvalue weighted by Crippen LogP contribution is 2.47. The highest BCUT2D eigenvalue weighted by Gasteiger charge is 2.48. The molecule has 2 N–H and O–H groups in total. The maximum absolute atomic E-state index is 14.0. The number of carbonyl (C=O) groups is 2. The average Bonchev–Trinajstić information content (AvgIpc) is 3.09. The zero-order valence-corrected chi connectivity index (χ0v) is 17.8. The summed E-state index contributed by atoms with van der Waals surface area (Å²) >= 11 is 0. The Bertz CT molecular complexity index is 1290. The first-order chi connectivity index (χ1) is 15.9. The van der Waals surface area contributed by atoms with Crippen molar-refractivity contribution in [2.45, 2.75) is 6.04 Å². The molecule has 7 nitrogen and oxygen atoms in total. The van der Waals surface area contributed by atoms with E-state index in [0.717, 1.165) is 17.0 Å². The first-order valence-electron chi connectivity index (χ1n) is 9.94. The second-order valence-corrected chi connectivity index (χ2v) is 7.24. The Morgan fingerprint density at radius 1 is 0.939 bits per heavy atom. The van der Waals surface area contributed by atoms with Crippen LogP contribution < -0.4 is 14.4 Å². The third-order valence-corrected chi connectivity index (χ3v) is 5.44. The normalized spacial score (nSPS) is 17.3. The number of aliphatic hydroxyl groups is 1. The Labute approximate surface area is 188 Å². The summed E-state index contributed by atoms with van der Waals surface area (Å²) in [7, 11) is 2.77. The summed E-state index contributed by atoms with van der Waals surface area (Å²) in [5, 5.41) is 21.6. The molecule has 1 amide bonds. The third kappa shape index (κ3) is 3.65. The molecule has 1 aliphatic heterocycles. The number of methoxy groups -OCH3 is 2. The van der Waals surface area contributed by atoms with Gasteiger partial charge in [-0.2, -0.15) is 0 Å². The first kappa shape index (κ1) is 21.9. The maximum atomic E-state index is 14.0. The number of halogens is 1. The summed E-state index contributed by atoms with van der Waals surface area (Å²) in [4.78, 5) is 27.5. The molecule has 0 aliphatic carbocycles. The summed E-state index contributed by atoms with van der Waals surface area (Å²) in [5.74, 6) is -3.02. The minimum atomic E-state index is -1.16. The summed E-state index contributed by atoms with van der Waals surface area (Å²) in [6, 6.07) is 15.0. The minimum Gasteiger partial charge on any atom is -0.507 e.